The maximum Gasteiger partial charge on any atom is 0.433 e. The normalized spacial score (nSPS) is 28.2. The number of hydrogen-bond acceptors (Lipinski definition) is 5. The molecule has 3 aliphatic carbocycles. The number of hydrogen-bond donors (Lipinski definition) is 1. The Bertz CT molecular complexity index is 1400. The third kappa shape index (κ3) is 5.18. The molecular formula is C30H35ClF3N3O5. The Morgan fingerprint density at radius 3 is 2.31 bits per heavy atom. The second-order valence-corrected chi connectivity index (χ2v) is 13.2. The summed E-state index contributed by atoms with van der Waals surface area (Å²) in [5, 5.41) is 13.7. The van der Waals surface area contributed by atoms with Gasteiger partial charge in [0.05, 0.1) is 47.5 Å². The number of halogens is 4. The van der Waals surface area contributed by atoms with Crippen LogP contribution in [0.2, 0.25) is 5.02 Å². The monoisotopic (exact) mass is 609 g/mol. The van der Waals surface area contributed by atoms with Crippen molar-refractivity contribution in [1.82, 2.24) is 14.7 Å². The fourth-order valence-corrected chi connectivity index (χ4v) is 7.48. The van der Waals surface area contributed by atoms with E-state index in [4.69, 9.17) is 16.3 Å². The van der Waals surface area contributed by atoms with Crippen LogP contribution in [0.3, 0.4) is 0 Å². The van der Waals surface area contributed by atoms with E-state index >= 15 is 0 Å². The first-order chi connectivity index (χ1) is 19.6. The highest BCUT2D eigenvalue weighted by Crippen LogP contribution is 2.67. The summed E-state index contributed by atoms with van der Waals surface area (Å²) < 4.78 is 49.9. The molecule has 0 bridgehead atoms. The van der Waals surface area contributed by atoms with Gasteiger partial charge in [-0.2, -0.15) is 18.3 Å². The van der Waals surface area contributed by atoms with Gasteiger partial charge >= 0.3 is 12.1 Å². The number of aromatic nitrogens is 2. The number of carbonyl (C=O) groups is 3. The molecule has 0 radical (unpaired) electrons. The van der Waals surface area contributed by atoms with E-state index in [9.17, 15) is 32.7 Å². The Hall–Kier alpha value is -3.08. The lowest BCUT2D eigenvalue weighted by molar-refractivity contribution is -0.152. The van der Waals surface area contributed by atoms with Gasteiger partial charge < -0.3 is 14.7 Å². The zero-order valence-electron chi connectivity index (χ0n) is 24.0. The van der Waals surface area contributed by atoms with E-state index in [0.717, 1.165) is 10.9 Å². The van der Waals surface area contributed by atoms with E-state index in [0.29, 0.717) is 24.7 Å². The first kappa shape index (κ1) is 30.4. The van der Waals surface area contributed by atoms with Gasteiger partial charge in [0, 0.05) is 6.04 Å². The number of rotatable bonds is 8. The van der Waals surface area contributed by atoms with Crippen LogP contribution in [0.1, 0.15) is 91.7 Å². The molecule has 3 saturated carbocycles. The summed E-state index contributed by atoms with van der Waals surface area (Å²) in [6.07, 6.45) is -2.07. The molecule has 0 aliphatic heterocycles. The number of carbonyl (C=O) groups excluding carboxylic acids is 2. The van der Waals surface area contributed by atoms with Crippen LogP contribution in [0.4, 0.5) is 13.2 Å². The highest BCUT2D eigenvalue weighted by atomic mass is 35.5. The molecule has 1 amide bonds. The van der Waals surface area contributed by atoms with Gasteiger partial charge in [-0.25, -0.2) is 0 Å². The Labute approximate surface area is 247 Å². The fourth-order valence-electron chi connectivity index (χ4n) is 7.21. The molecule has 1 heterocycles. The minimum atomic E-state index is -4.91. The van der Waals surface area contributed by atoms with Crippen LogP contribution in [-0.2, 0) is 11.0 Å². The molecule has 1 aromatic carbocycles. The van der Waals surface area contributed by atoms with Crippen molar-refractivity contribution in [3.05, 3.63) is 46.2 Å². The first-order valence-corrected chi connectivity index (χ1v) is 14.5. The van der Waals surface area contributed by atoms with Gasteiger partial charge in [-0.3, -0.25) is 19.1 Å². The second kappa shape index (κ2) is 10.6. The number of ether oxygens (including phenoxy) is 1. The number of benzene rings is 1. The minimum Gasteiger partial charge on any atom is -0.496 e. The van der Waals surface area contributed by atoms with Gasteiger partial charge in [0.2, 0.25) is 0 Å². The molecule has 12 heteroatoms. The summed E-state index contributed by atoms with van der Waals surface area (Å²) in [7, 11) is 1.38. The molecule has 228 valence electrons. The second-order valence-electron chi connectivity index (χ2n) is 12.8. The highest BCUT2D eigenvalue weighted by molar-refractivity contribution is 6.34. The largest absolute Gasteiger partial charge is 0.496 e. The van der Waals surface area contributed by atoms with Gasteiger partial charge in [0.25, 0.3) is 5.91 Å². The number of Topliss-reactive ketones (excluding diaryl/α,β-unsaturated/α-hetero) is 1. The highest BCUT2D eigenvalue weighted by Gasteiger charge is 2.63. The van der Waals surface area contributed by atoms with Crippen LogP contribution >= 0.6 is 11.6 Å². The van der Waals surface area contributed by atoms with Crippen LogP contribution in [0, 0.1) is 22.7 Å². The lowest BCUT2D eigenvalue weighted by Gasteiger charge is -2.35. The van der Waals surface area contributed by atoms with Crippen LogP contribution in [0.5, 0.6) is 5.75 Å². The molecule has 42 heavy (non-hydrogen) atoms. The quantitative estimate of drug-likeness (QED) is 0.342. The molecule has 1 unspecified atom stereocenters. The number of carboxylic acids is 1. The smallest absolute Gasteiger partial charge is 0.433 e. The Kier molecular flexibility index (Phi) is 7.65. The van der Waals surface area contributed by atoms with E-state index in [2.05, 4.69) is 18.9 Å². The number of aliphatic carboxylic acids is 1. The van der Waals surface area contributed by atoms with Gasteiger partial charge in [0.1, 0.15) is 5.75 Å². The maximum absolute atomic E-state index is 14.6. The summed E-state index contributed by atoms with van der Waals surface area (Å²) in [6.45, 7) is 5.39. The number of fused-ring (bicyclic) bond motifs is 1. The van der Waals surface area contributed by atoms with Crippen molar-refractivity contribution in [3.63, 3.8) is 0 Å². The summed E-state index contributed by atoms with van der Waals surface area (Å²) >= 11 is 6.32. The van der Waals surface area contributed by atoms with Gasteiger partial charge in [0.15, 0.2) is 11.5 Å². The summed E-state index contributed by atoms with van der Waals surface area (Å²) in [4.78, 5) is 40.5. The number of carboxylic acid groups (broad SMARTS) is 1. The van der Waals surface area contributed by atoms with Crippen molar-refractivity contribution in [2.24, 2.45) is 22.7 Å². The van der Waals surface area contributed by atoms with Crippen molar-refractivity contribution >= 4 is 29.3 Å². The molecule has 3 aliphatic rings. The lowest BCUT2D eigenvalue weighted by Crippen LogP contribution is -2.44. The molecule has 1 aromatic heterocycles. The lowest BCUT2D eigenvalue weighted by atomic mass is 9.74. The van der Waals surface area contributed by atoms with Crippen LogP contribution in [0.15, 0.2) is 24.4 Å². The minimum absolute atomic E-state index is 0.0679. The van der Waals surface area contributed by atoms with Crippen LogP contribution in [-0.4, -0.2) is 57.1 Å². The van der Waals surface area contributed by atoms with Crippen molar-refractivity contribution in [3.8, 4) is 5.75 Å². The number of ketones is 1. The standard InChI is InChI=1S/C30H35ClF3N3O5/c1-28(2)19-12-17(13-20(19)28)36(15-22(38)24-21(31)6-5-7-23(24)42-4)26(39)18-14-35-37(25(18)30(32,33)34)16-8-10-29(3,11-9-16)27(40)41/h5-7,14,16-17,19-20H,8-13,15H2,1-4H3,(H,40,41)/t16?,17?,19-,20+,29?. The predicted molar refractivity (Wildman–Crippen MR) is 148 cm³/mol. The summed E-state index contributed by atoms with van der Waals surface area (Å²) in [6, 6.07) is 3.56. The average Bonchev–Trinajstić information content (AvgIpc) is 3.35. The summed E-state index contributed by atoms with van der Waals surface area (Å²) in [5.41, 5.74) is -2.65. The van der Waals surface area contributed by atoms with Crippen molar-refractivity contribution in [2.75, 3.05) is 13.7 Å². The number of amides is 1. The SMILES string of the molecule is COc1cccc(Cl)c1C(=O)CN(C(=O)c1cnn(C2CCC(C)(C(=O)O)CC2)c1C(F)(F)F)C1C[C@@H]2[C@H](C1)C2(C)C. The summed E-state index contributed by atoms with van der Waals surface area (Å²) in [5.74, 6) is -1.59. The maximum atomic E-state index is 14.6. The Morgan fingerprint density at radius 1 is 1.14 bits per heavy atom. The van der Waals surface area contributed by atoms with E-state index in [1.165, 1.54) is 18.1 Å². The Balaban J connectivity index is 1.48. The third-order valence-electron chi connectivity index (χ3n) is 10.0. The Morgan fingerprint density at radius 2 is 1.76 bits per heavy atom. The molecular weight excluding hydrogens is 575 g/mol. The number of methoxy groups -OCH3 is 1. The van der Waals surface area contributed by atoms with Gasteiger partial charge in [-0.1, -0.05) is 31.5 Å². The van der Waals surface area contributed by atoms with Gasteiger partial charge in [-0.15, -0.1) is 0 Å². The van der Waals surface area contributed by atoms with E-state index < -0.39 is 59.1 Å². The van der Waals surface area contributed by atoms with E-state index in [-0.39, 0.29) is 47.4 Å². The van der Waals surface area contributed by atoms with E-state index in [1.807, 2.05) is 0 Å². The van der Waals surface area contributed by atoms with E-state index in [1.54, 1.807) is 19.1 Å². The number of nitrogens with zero attached hydrogens (tertiary/aromatic N) is 3. The molecule has 0 saturated heterocycles. The topological polar surface area (TPSA) is 102 Å². The van der Waals surface area contributed by atoms with Crippen LogP contribution in [0.25, 0.3) is 0 Å². The molecule has 8 nitrogen and oxygen atoms in total. The molecule has 1 N–H and O–H groups in total. The fraction of sp³-hybridized carbons (Fsp3) is 0.600. The van der Waals surface area contributed by atoms with Crippen molar-refractivity contribution in [1.29, 1.82) is 0 Å². The molecule has 5 rings (SSSR count). The molecule has 3 atom stereocenters. The predicted octanol–water partition coefficient (Wildman–Crippen LogP) is 6.53. The zero-order valence-corrected chi connectivity index (χ0v) is 24.8. The third-order valence-corrected chi connectivity index (χ3v) is 10.4. The van der Waals surface area contributed by atoms with Crippen molar-refractivity contribution < 1.29 is 37.4 Å². The molecule has 3 fully saturated rings. The molecule has 2 aromatic rings. The molecule has 0 spiro atoms. The average molecular weight is 610 g/mol. The number of alkyl halides is 3. The van der Waals surface area contributed by atoms with Gasteiger partial charge in [-0.05, 0) is 74.8 Å². The van der Waals surface area contributed by atoms with Crippen LogP contribution < -0.4 is 4.74 Å². The first-order valence-electron chi connectivity index (χ1n) is 14.1. The zero-order chi connectivity index (χ0) is 30.8. The van der Waals surface area contributed by atoms with Crippen molar-refractivity contribution in [2.45, 2.75) is 77.6 Å².